The predicted molar refractivity (Wildman–Crippen MR) is 83.0 cm³/mol. The molecule has 1 fully saturated rings. The van der Waals surface area contributed by atoms with E-state index in [-0.39, 0.29) is 5.91 Å². The average Bonchev–Trinajstić information content (AvgIpc) is 2.81. The summed E-state index contributed by atoms with van der Waals surface area (Å²) in [5.41, 5.74) is -1.15. The molecule has 2 N–H and O–H groups in total. The minimum Gasteiger partial charge on any atom is -0.495 e. The van der Waals surface area contributed by atoms with Crippen LogP contribution in [0.4, 0.5) is 0 Å². The van der Waals surface area contributed by atoms with E-state index in [4.69, 9.17) is 4.74 Å². The van der Waals surface area contributed by atoms with Gasteiger partial charge < -0.3 is 15.2 Å². The van der Waals surface area contributed by atoms with E-state index in [1.807, 2.05) is 0 Å². The molecule has 0 radical (unpaired) electrons. The highest BCUT2D eigenvalue weighted by molar-refractivity contribution is 9.11. The van der Waals surface area contributed by atoms with Crippen LogP contribution in [0.2, 0.25) is 0 Å². The van der Waals surface area contributed by atoms with Gasteiger partial charge in [0.1, 0.15) is 15.1 Å². The van der Waals surface area contributed by atoms with Crippen LogP contribution in [-0.2, 0) is 4.79 Å². The molecule has 1 amide bonds. The molecule has 5 nitrogen and oxygen atoms in total. The Balaban J connectivity index is 2.17. The Morgan fingerprint density at radius 2 is 2.10 bits per heavy atom. The topological polar surface area (TPSA) is 75.6 Å². The Hall–Kier alpha value is -0.730. The number of ether oxygens (including phenoxy) is 1. The van der Waals surface area contributed by atoms with Crippen LogP contribution in [0, 0.1) is 0 Å². The Kier molecular flexibility index (Phi) is 4.98. The maximum Gasteiger partial charge on any atom is 0.329 e. The zero-order valence-electron chi connectivity index (χ0n) is 10.8. The fraction of sp³-hybridized carbons (Fsp3) is 0.500. The van der Waals surface area contributed by atoms with Crippen molar-refractivity contribution in [3.05, 3.63) is 14.7 Å². The van der Waals surface area contributed by atoms with Crippen molar-refractivity contribution in [2.75, 3.05) is 18.6 Å². The number of thioether (sulfide) groups is 1. The Bertz CT molecular complexity index is 526. The van der Waals surface area contributed by atoms with Crippen molar-refractivity contribution in [1.82, 2.24) is 5.32 Å². The van der Waals surface area contributed by atoms with Crippen molar-refractivity contribution in [1.29, 1.82) is 0 Å². The molecule has 0 bridgehead atoms. The van der Waals surface area contributed by atoms with Crippen LogP contribution in [0.1, 0.15) is 22.5 Å². The molecule has 1 saturated heterocycles. The van der Waals surface area contributed by atoms with Gasteiger partial charge in [-0.25, -0.2) is 4.79 Å². The number of halogens is 1. The number of thiophene rings is 1. The summed E-state index contributed by atoms with van der Waals surface area (Å²) in [6.07, 6.45) is 0.894. The molecule has 0 atom stereocenters. The molecule has 0 unspecified atom stereocenters. The average molecular weight is 380 g/mol. The number of carbonyl (C=O) groups is 2. The van der Waals surface area contributed by atoms with Gasteiger partial charge in [0.25, 0.3) is 5.91 Å². The van der Waals surface area contributed by atoms with E-state index in [0.29, 0.717) is 27.3 Å². The zero-order valence-corrected chi connectivity index (χ0v) is 14.0. The summed E-state index contributed by atoms with van der Waals surface area (Å²) in [6.45, 7) is 0. The van der Waals surface area contributed by atoms with E-state index < -0.39 is 11.5 Å². The lowest BCUT2D eigenvalue weighted by molar-refractivity contribution is -0.144. The van der Waals surface area contributed by atoms with E-state index in [0.717, 1.165) is 11.5 Å². The predicted octanol–water partition coefficient (Wildman–Crippen LogP) is 2.60. The van der Waals surface area contributed by atoms with Gasteiger partial charge in [0.05, 0.1) is 12.0 Å². The minimum atomic E-state index is -1.15. The Morgan fingerprint density at radius 3 is 2.60 bits per heavy atom. The van der Waals surface area contributed by atoms with Gasteiger partial charge in [0, 0.05) is 6.07 Å². The van der Waals surface area contributed by atoms with Crippen LogP contribution >= 0.6 is 39.0 Å². The molecule has 110 valence electrons. The number of amides is 1. The van der Waals surface area contributed by atoms with E-state index in [9.17, 15) is 14.7 Å². The number of aliphatic carboxylic acids is 1. The van der Waals surface area contributed by atoms with E-state index in [2.05, 4.69) is 21.2 Å². The number of carboxylic acid groups (broad SMARTS) is 1. The highest BCUT2D eigenvalue weighted by Crippen LogP contribution is 2.35. The maximum absolute atomic E-state index is 12.3. The highest BCUT2D eigenvalue weighted by Gasteiger charge is 2.41. The molecule has 2 rings (SSSR count). The number of carboxylic acids is 1. The van der Waals surface area contributed by atoms with E-state index in [1.54, 1.807) is 17.8 Å². The van der Waals surface area contributed by atoms with Crippen molar-refractivity contribution in [2.45, 2.75) is 18.4 Å². The van der Waals surface area contributed by atoms with Gasteiger partial charge in [-0.05, 0) is 40.3 Å². The second-order valence-corrected chi connectivity index (χ2v) is 8.00. The second-order valence-electron chi connectivity index (χ2n) is 4.41. The van der Waals surface area contributed by atoms with Gasteiger partial charge in [0.15, 0.2) is 0 Å². The minimum absolute atomic E-state index is 0.367. The molecule has 1 aliphatic heterocycles. The van der Waals surface area contributed by atoms with E-state index in [1.165, 1.54) is 18.4 Å². The molecule has 2 heterocycles. The second kappa shape index (κ2) is 6.36. The lowest BCUT2D eigenvalue weighted by Gasteiger charge is -2.33. The lowest BCUT2D eigenvalue weighted by atomic mass is 9.92. The summed E-state index contributed by atoms with van der Waals surface area (Å²) in [4.78, 5) is 24.2. The van der Waals surface area contributed by atoms with Crippen LogP contribution in [0.15, 0.2) is 9.85 Å². The molecular weight excluding hydrogens is 366 g/mol. The Morgan fingerprint density at radius 1 is 1.45 bits per heavy atom. The summed E-state index contributed by atoms with van der Waals surface area (Å²) in [5.74, 6) is 0.722. The SMILES string of the molecule is COc1cc(C(=O)NC2(C(=O)O)CCSCC2)sc1Br. The number of hydrogen-bond donors (Lipinski definition) is 2. The largest absolute Gasteiger partial charge is 0.495 e. The summed E-state index contributed by atoms with van der Waals surface area (Å²) in [5, 5.41) is 12.1. The van der Waals surface area contributed by atoms with Crippen LogP contribution in [0.5, 0.6) is 5.75 Å². The number of carbonyl (C=O) groups excluding carboxylic acids is 1. The first-order valence-electron chi connectivity index (χ1n) is 5.95. The summed E-state index contributed by atoms with van der Waals surface area (Å²) < 4.78 is 5.82. The first kappa shape index (κ1) is 15.7. The van der Waals surface area contributed by atoms with Crippen molar-refractivity contribution >= 4 is 50.9 Å². The third-order valence-electron chi connectivity index (χ3n) is 3.21. The van der Waals surface area contributed by atoms with Crippen LogP contribution in [-0.4, -0.2) is 41.1 Å². The summed E-state index contributed by atoms with van der Waals surface area (Å²) in [6, 6.07) is 1.61. The highest BCUT2D eigenvalue weighted by atomic mass is 79.9. The number of methoxy groups -OCH3 is 1. The van der Waals surface area contributed by atoms with Gasteiger partial charge in [-0.2, -0.15) is 11.8 Å². The standard InChI is InChI=1S/C12H14BrNO4S2/c1-18-7-6-8(20-9(7)13)10(15)14-12(11(16)17)2-4-19-5-3-12/h6H,2-5H2,1H3,(H,14,15)(H,16,17). The molecule has 8 heteroatoms. The first-order valence-corrected chi connectivity index (χ1v) is 8.72. The van der Waals surface area contributed by atoms with Gasteiger partial charge in [-0.3, -0.25) is 4.79 Å². The molecule has 1 aromatic rings. The van der Waals surface area contributed by atoms with Crippen LogP contribution in [0.25, 0.3) is 0 Å². The normalized spacial score (nSPS) is 17.5. The Labute approximate surface area is 133 Å². The molecule has 0 aliphatic carbocycles. The number of hydrogen-bond acceptors (Lipinski definition) is 5. The quantitative estimate of drug-likeness (QED) is 0.840. The van der Waals surface area contributed by atoms with Gasteiger partial charge in [0.2, 0.25) is 0 Å². The zero-order chi connectivity index (χ0) is 14.8. The number of nitrogens with one attached hydrogen (secondary N) is 1. The van der Waals surface area contributed by atoms with Crippen molar-refractivity contribution in [2.24, 2.45) is 0 Å². The monoisotopic (exact) mass is 379 g/mol. The third kappa shape index (κ3) is 3.12. The molecule has 1 aromatic heterocycles. The van der Waals surface area contributed by atoms with E-state index >= 15 is 0 Å². The van der Waals surface area contributed by atoms with Gasteiger partial charge in [-0.15, -0.1) is 11.3 Å². The first-order chi connectivity index (χ1) is 9.48. The third-order valence-corrected chi connectivity index (χ3v) is 5.97. The molecule has 0 saturated carbocycles. The fourth-order valence-corrected chi connectivity index (χ4v) is 4.73. The van der Waals surface area contributed by atoms with Gasteiger partial charge in [-0.1, -0.05) is 0 Å². The lowest BCUT2D eigenvalue weighted by Crippen LogP contribution is -2.56. The molecule has 20 heavy (non-hydrogen) atoms. The summed E-state index contributed by atoms with van der Waals surface area (Å²) >= 11 is 6.24. The molecule has 0 spiro atoms. The fourth-order valence-electron chi connectivity index (χ4n) is 1.99. The molecule has 1 aliphatic rings. The molecule has 0 aromatic carbocycles. The van der Waals surface area contributed by atoms with Crippen molar-refractivity contribution in [3.63, 3.8) is 0 Å². The van der Waals surface area contributed by atoms with Crippen LogP contribution < -0.4 is 10.1 Å². The number of rotatable bonds is 4. The smallest absolute Gasteiger partial charge is 0.329 e. The van der Waals surface area contributed by atoms with Crippen LogP contribution in [0.3, 0.4) is 0 Å². The van der Waals surface area contributed by atoms with Gasteiger partial charge >= 0.3 is 5.97 Å². The molecular formula is C12H14BrNO4S2. The van der Waals surface area contributed by atoms with Crippen molar-refractivity contribution < 1.29 is 19.4 Å². The summed E-state index contributed by atoms with van der Waals surface area (Å²) in [7, 11) is 1.52. The maximum atomic E-state index is 12.3. The van der Waals surface area contributed by atoms with Crippen molar-refractivity contribution in [3.8, 4) is 5.75 Å².